The number of benzene rings is 1. The minimum atomic E-state index is -0.748. The second-order valence-electron chi connectivity index (χ2n) is 8.14. The van der Waals surface area contributed by atoms with Crippen LogP contribution in [0.2, 0.25) is 0 Å². The van der Waals surface area contributed by atoms with Crippen molar-refractivity contribution in [2.75, 3.05) is 46.5 Å². The third kappa shape index (κ3) is 4.60. The van der Waals surface area contributed by atoms with E-state index < -0.39 is 17.7 Å². The van der Waals surface area contributed by atoms with E-state index in [1.807, 2.05) is 6.07 Å². The number of nitrogens with zero attached hydrogens (tertiary/aromatic N) is 4. The third-order valence-electron chi connectivity index (χ3n) is 6.07. The van der Waals surface area contributed by atoms with E-state index in [0.717, 1.165) is 13.1 Å². The lowest BCUT2D eigenvalue weighted by Crippen LogP contribution is -2.42. The molecule has 2 fully saturated rings. The Morgan fingerprint density at radius 3 is 2.67 bits per heavy atom. The van der Waals surface area contributed by atoms with Crippen LogP contribution in [0.4, 0.5) is 0 Å². The summed E-state index contributed by atoms with van der Waals surface area (Å²) in [6.45, 7) is 7.25. The molecular weight excluding hydrogens is 424 g/mol. The topological polar surface area (TPSA) is 105 Å². The summed E-state index contributed by atoms with van der Waals surface area (Å²) < 4.78 is 10.8. The number of hydrogen-bond acceptors (Lipinski definition) is 8. The minimum absolute atomic E-state index is 0.0331. The molecule has 0 unspecified atom stereocenters. The summed E-state index contributed by atoms with van der Waals surface area (Å²) in [5.74, 6) is -0.474. The van der Waals surface area contributed by atoms with E-state index in [-0.39, 0.29) is 11.3 Å². The number of aliphatic hydroxyl groups is 1. The van der Waals surface area contributed by atoms with Crippen LogP contribution in [0.3, 0.4) is 0 Å². The van der Waals surface area contributed by atoms with E-state index in [1.54, 1.807) is 39.2 Å². The summed E-state index contributed by atoms with van der Waals surface area (Å²) in [6.07, 6.45) is 1.48. The molecule has 33 heavy (non-hydrogen) atoms. The van der Waals surface area contributed by atoms with Gasteiger partial charge in [-0.3, -0.25) is 14.5 Å². The van der Waals surface area contributed by atoms with Crippen LogP contribution in [-0.4, -0.2) is 83.1 Å². The number of hydrogen-bond donors (Lipinski definition) is 1. The van der Waals surface area contributed by atoms with Crippen molar-refractivity contribution in [1.29, 1.82) is 0 Å². The van der Waals surface area contributed by atoms with Gasteiger partial charge in [0.1, 0.15) is 17.3 Å². The highest BCUT2D eigenvalue weighted by molar-refractivity contribution is 6.46. The van der Waals surface area contributed by atoms with Crippen molar-refractivity contribution in [2.45, 2.75) is 19.9 Å². The fourth-order valence-electron chi connectivity index (χ4n) is 4.30. The van der Waals surface area contributed by atoms with Crippen LogP contribution in [0.1, 0.15) is 28.7 Å². The van der Waals surface area contributed by atoms with E-state index in [1.165, 1.54) is 11.1 Å². The quantitative estimate of drug-likeness (QED) is 0.402. The van der Waals surface area contributed by atoms with Gasteiger partial charge in [0, 0.05) is 32.4 Å². The predicted octanol–water partition coefficient (Wildman–Crippen LogP) is 1.86. The summed E-state index contributed by atoms with van der Waals surface area (Å²) in [4.78, 5) is 38.5. The summed E-state index contributed by atoms with van der Waals surface area (Å²) in [5.41, 5.74) is 1.58. The summed E-state index contributed by atoms with van der Waals surface area (Å²) in [5, 5.41) is 11.2. The molecule has 3 heterocycles. The maximum Gasteiger partial charge on any atom is 0.295 e. The zero-order valence-electron chi connectivity index (χ0n) is 19.1. The molecule has 9 heteroatoms. The fourth-order valence-corrected chi connectivity index (χ4v) is 4.30. The van der Waals surface area contributed by atoms with Crippen molar-refractivity contribution < 1.29 is 24.2 Å². The molecule has 4 rings (SSSR count). The number of aliphatic hydroxyl groups excluding tert-OH is 1. The molecule has 174 valence electrons. The Labute approximate surface area is 192 Å². The van der Waals surface area contributed by atoms with Crippen LogP contribution in [0.15, 0.2) is 36.0 Å². The van der Waals surface area contributed by atoms with E-state index in [2.05, 4.69) is 14.9 Å². The van der Waals surface area contributed by atoms with Gasteiger partial charge >= 0.3 is 0 Å². The summed E-state index contributed by atoms with van der Waals surface area (Å²) in [7, 11) is 1.56. The molecule has 1 amide bonds. The molecule has 1 aromatic heterocycles. The van der Waals surface area contributed by atoms with Crippen LogP contribution in [0.5, 0.6) is 5.75 Å². The molecule has 1 N–H and O–H groups in total. The highest BCUT2D eigenvalue weighted by Gasteiger charge is 2.46. The lowest BCUT2D eigenvalue weighted by atomic mass is 9.95. The number of carbonyl (C=O) groups is 2. The van der Waals surface area contributed by atoms with Crippen LogP contribution < -0.4 is 4.74 Å². The monoisotopic (exact) mass is 452 g/mol. The SMILES string of the molecule is COc1cccc([C@H]2/C(=C(\O)c3cnc(C)nc3C)C(=O)C(=O)N2CCN2CCOCC2)c1. The van der Waals surface area contributed by atoms with Gasteiger partial charge in [-0.1, -0.05) is 12.1 Å². The second kappa shape index (κ2) is 9.68. The average Bonchev–Trinajstić information content (AvgIpc) is 3.08. The van der Waals surface area contributed by atoms with Gasteiger partial charge in [0.25, 0.3) is 11.7 Å². The lowest BCUT2D eigenvalue weighted by molar-refractivity contribution is -0.140. The smallest absolute Gasteiger partial charge is 0.295 e. The summed E-state index contributed by atoms with van der Waals surface area (Å²) in [6, 6.07) is 6.45. The van der Waals surface area contributed by atoms with Crippen molar-refractivity contribution in [1.82, 2.24) is 19.8 Å². The lowest BCUT2D eigenvalue weighted by Gasteiger charge is -2.31. The Hall–Kier alpha value is -3.30. The Balaban J connectivity index is 1.77. The van der Waals surface area contributed by atoms with Crippen LogP contribution in [0, 0.1) is 13.8 Å². The molecule has 0 spiro atoms. The molecule has 0 aliphatic carbocycles. The van der Waals surface area contributed by atoms with Crippen molar-refractivity contribution in [3.63, 3.8) is 0 Å². The average molecular weight is 453 g/mol. The molecule has 2 aromatic rings. The molecule has 2 aliphatic rings. The van der Waals surface area contributed by atoms with Gasteiger partial charge in [0.05, 0.1) is 43.2 Å². The largest absolute Gasteiger partial charge is 0.507 e. The van der Waals surface area contributed by atoms with Crippen LogP contribution in [-0.2, 0) is 14.3 Å². The van der Waals surface area contributed by atoms with Crippen molar-refractivity contribution >= 4 is 17.4 Å². The second-order valence-corrected chi connectivity index (χ2v) is 8.14. The zero-order valence-corrected chi connectivity index (χ0v) is 19.1. The standard InChI is InChI=1S/C24H28N4O5/c1-15-19(14-25-16(2)26-15)22(29)20-21(17-5-4-6-18(13-17)32-3)28(24(31)23(20)30)8-7-27-9-11-33-12-10-27/h4-6,13-14,21,29H,7-12H2,1-3H3/b22-20+/t21-/m0/s1. The summed E-state index contributed by atoms with van der Waals surface area (Å²) >= 11 is 0. The van der Waals surface area contributed by atoms with Crippen LogP contribution >= 0.6 is 0 Å². The molecular formula is C24H28N4O5. The first-order valence-electron chi connectivity index (χ1n) is 10.9. The van der Waals surface area contributed by atoms with Gasteiger partial charge < -0.3 is 19.5 Å². The Morgan fingerprint density at radius 1 is 1.21 bits per heavy atom. The molecule has 1 atom stereocenters. The maximum atomic E-state index is 13.2. The van der Waals surface area contributed by atoms with Gasteiger partial charge in [-0.25, -0.2) is 9.97 Å². The van der Waals surface area contributed by atoms with Crippen molar-refractivity contribution in [2.24, 2.45) is 0 Å². The van der Waals surface area contributed by atoms with Crippen LogP contribution in [0.25, 0.3) is 5.76 Å². The number of methoxy groups -OCH3 is 1. The fraction of sp³-hybridized carbons (Fsp3) is 0.417. The number of aryl methyl sites for hydroxylation is 2. The third-order valence-corrected chi connectivity index (χ3v) is 6.07. The number of ether oxygens (including phenoxy) is 2. The first-order valence-corrected chi connectivity index (χ1v) is 10.9. The van der Waals surface area contributed by atoms with Gasteiger partial charge in [-0.2, -0.15) is 0 Å². The molecule has 0 saturated carbocycles. The highest BCUT2D eigenvalue weighted by Crippen LogP contribution is 2.40. The Kier molecular flexibility index (Phi) is 6.71. The highest BCUT2D eigenvalue weighted by atomic mass is 16.5. The van der Waals surface area contributed by atoms with Gasteiger partial charge in [-0.15, -0.1) is 0 Å². The Morgan fingerprint density at radius 2 is 1.97 bits per heavy atom. The van der Waals surface area contributed by atoms with E-state index in [9.17, 15) is 14.7 Å². The van der Waals surface area contributed by atoms with E-state index in [0.29, 0.717) is 54.7 Å². The number of likely N-dealkylation sites (tertiary alicyclic amines) is 1. The van der Waals surface area contributed by atoms with Crippen molar-refractivity contribution in [3.8, 4) is 5.75 Å². The first-order chi connectivity index (χ1) is 15.9. The first kappa shape index (κ1) is 22.9. The number of morpholine rings is 1. The number of ketones is 1. The number of amides is 1. The number of aromatic nitrogens is 2. The molecule has 2 aliphatic heterocycles. The molecule has 9 nitrogen and oxygen atoms in total. The minimum Gasteiger partial charge on any atom is -0.507 e. The Bertz CT molecular complexity index is 1090. The molecule has 2 saturated heterocycles. The molecule has 1 aromatic carbocycles. The normalized spacial score (nSPS) is 20.9. The van der Waals surface area contributed by atoms with Gasteiger partial charge in [-0.05, 0) is 31.5 Å². The molecule has 0 bridgehead atoms. The zero-order chi connectivity index (χ0) is 23.5. The van der Waals surface area contributed by atoms with Gasteiger partial charge in [0.15, 0.2) is 0 Å². The number of rotatable bonds is 6. The number of Topliss-reactive ketones (excluding diaryl/α,β-unsaturated/α-hetero) is 1. The number of carbonyl (C=O) groups excluding carboxylic acids is 2. The maximum absolute atomic E-state index is 13.2. The predicted molar refractivity (Wildman–Crippen MR) is 121 cm³/mol. The van der Waals surface area contributed by atoms with E-state index >= 15 is 0 Å². The molecule has 0 radical (unpaired) electrons. The van der Waals surface area contributed by atoms with Crippen molar-refractivity contribution in [3.05, 3.63) is 58.7 Å². The van der Waals surface area contributed by atoms with Gasteiger partial charge in [0.2, 0.25) is 0 Å². The van der Waals surface area contributed by atoms with E-state index in [4.69, 9.17) is 9.47 Å².